The molecule has 0 aliphatic rings. The SMILES string of the molecule is COc1ccc(C(=O)Nc2c(Cl)ncnc2Cl)cc1F. The average molecular weight is 316 g/mol. The van der Waals surface area contributed by atoms with Crippen molar-refractivity contribution in [2.24, 2.45) is 0 Å². The van der Waals surface area contributed by atoms with Crippen LogP contribution in [0.4, 0.5) is 10.1 Å². The van der Waals surface area contributed by atoms with Crippen molar-refractivity contribution in [1.82, 2.24) is 9.97 Å². The molecular formula is C12H8Cl2FN3O2. The van der Waals surface area contributed by atoms with Crippen LogP contribution in [0.5, 0.6) is 5.75 Å². The highest BCUT2D eigenvalue weighted by Crippen LogP contribution is 2.26. The van der Waals surface area contributed by atoms with E-state index in [2.05, 4.69) is 15.3 Å². The van der Waals surface area contributed by atoms with Crippen molar-refractivity contribution < 1.29 is 13.9 Å². The van der Waals surface area contributed by atoms with E-state index in [0.29, 0.717) is 0 Å². The number of aromatic nitrogens is 2. The van der Waals surface area contributed by atoms with E-state index >= 15 is 0 Å². The second kappa shape index (κ2) is 6.02. The minimum Gasteiger partial charge on any atom is -0.494 e. The zero-order valence-electron chi connectivity index (χ0n) is 10.2. The van der Waals surface area contributed by atoms with Crippen LogP contribution in [0.2, 0.25) is 10.3 Å². The summed E-state index contributed by atoms with van der Waals surface area (Å²) in [5.41, 5.74) is 0.149. The van der Waals surface area contributed by atoms with Gasteiger partial charge in [-0.05, 0) is 18.2 Å². The van der Waals surface area contributed by atoms with E-state index < -0.39 is 11.7 Å². The molecule has 0 spiro atoms. The van der Waals surface area contributed by atoms with E-state index in [4.69, 9.17) is 27.9 Å². The minimum atomic E-state index is -0.651. The molecule has 0 atom stereocenters. The van der Waals surface area contributed by atoms with Crippen molar-refractivity contribution in [2.75, 3.05) is 12.4 Å². The summed E-state index contributed by atoms with van der Waals surface area (Å²) < 4.78 is 18.3. The van der Waals surface area contributed by atoms with Crippen LogP contribution in [0.15, 0.2) is 24.5 Å². The van der Waals surface area contributed by atoms with Gasteiger partial charge in [0.25, 0.3) is 5.91 Å². The number of rotatable bonds is 3. The van der Waals surface area contributed by atoms with Gasteiger partial charge in [-0.2, -0.15) is 0 Å². The Morgan fingerprint density at radius 3 is 2.50 bits per heavy atom. The first-order valence-electron chi connectivity index (χ1n) is 5.34. The number of methoxy groups -OCH3 is 1. The molecule has 0 fully saturated rings. The molecule has 0 unspecified atom stereocenters. The van der Waals surface area contributed by atoms with E-state index in [0.717, 1.165) is 12.4 Å². The smallest absolute Gasteiger partial charge is 0.255 e. The summed E-state index contributed by atoms with van der Waals surface area (Å²) in [6.45, 7) is 0. The van der Waals surface area contributed by atoms with Crippen molar-refractivity contribution >= 4 is 34.8 Å². The molecule has 20 heavy (non-hydrogen) atoms. The predicted molar refractivity (Wildman–Crippen MR) is 73.0 cm³/mol. The number of halogens is 3. The maximum absolute atomic E-state index is 13.5. The molecule has 5 nitrogen and oxygen atoms in total. The van der Waals surface area contributed by atoms with Gasteiger partial charge in [-0.15, -0.1) is 0 Å². The van der Waals surface area contributed by atoms with E-state index in [9.17, 15) is 9.18 Å². The Bertz CT molecular complexity index is 647. The molecule has 2 aromatic rings. The lowest BCUT2D eigenvalue weighted by molar-refractivity contribution is 0.102. The van der Waals surface area contributed by atoms with E-state index in [1.54, 1.807) is 0 Å². The summed E-state index contributed by atoms with van der Waals surface area (Å²) in [7, 11) is 1.33. The summed E-state index contributed by atoms with van der Waals surface area (Å²) >= 11 is 11.6. The van der Waals surface area contributed by atoms with Crippen LogP contribution in [0.3, 0.4) is 0 Å². The zero-order chi connectivity index (χ0) is 14.7. The van der Waals surface area contributed by atoms with E-state index in [1.807, 2.05) is 0 Å². The van der Waals surface area contributed by atoms with Gasteiger partial charge in [-0.3, -0.25) is 4.79 Å². The van der Waals surface area contributed by atoms with Crippen LogP contribution in [-0.2, 0) is 0 Å². The molecule has 0 bridgehead atoms. The first-order chi connectivity index (χ1) is 9.52. The van der Waals surface area contributed by atoms with Crippen LogP contribution in [0, 0.1) is 5.82 Å². The topological polar surface area (TPSA) is 64.1 Å². The van der Waals surface area contributed by atoms with E-state index in [-0.39, 0.29) is 27.3 Å². The van der Waals surface area contributed by atoms with Gasteiger partial charge in [0, 0.05) is 5.56 Å². The Labute approximate surface area is 123 Å². The van der Waals surface area contributed by atoms with Gasteiger partial charge >= 0.3 is 0 Å². The quantitative estimate of drug-likeness (QED) is 0.883. The molecule has 1 amide bonds. The molecule has 1 aromatic carbocycles. The lowest BCUT2D eigenvalue weighted by Crippen LogP contribution is -2.13. The van der Waals surface area contributed by atoms with Crippen LogP contribution in [0.1, 0.15) is 10.4 Å². The number of benzene rings is 1. The first kappa shape index (κ1) is 14.5. The molecule has 0 aliphatic carbocycles. The number of nitrogens with zero attached hydrogens (tertiary/aromatic N) is 2. The molecular weight excluding hydrogens is 308 g/mol. The monoisotopic (exact) mass is 315 g/mol. The second-order valence-electron chi connectivity index (χ2n) is 3.63. The van der Waals surface area contributed by atoms with E-state index in [1.165, 1.54) is 19.2 Å². The molecule has 1 heterocycles. The largest absolute Gasteiger partial charge is 0.494 e. The average Bonchev–Trinajstić information content (AvgIpc) is 2.42. The Hall–Kier alpha value is -1.92. The van der Waals surface area contributed by atoms with Gasteiger partial charge in [0.15, 0.2) is 21.9 Å². The number of anilines is 1. The third kappa shape index (κ3) is 2.97. The summed E-state index contributed by atoms with van der Waals surface area (Å²) in [5, 5.41) is 2.41. The van der Waals surface area contributed by atoms with Gasteiger partial charge in [-0.25, -0.2) is 14.4 Å². The molecule has 104 valence electrons. The third-order valence-electron chi connectivity index (χ3n) is 2.41. The summed E-state index contributed by atoms with van der Waals surface area (Å²) in [4.78, 5) is 19.4. The lowest BCUT2D eigenvalue weighted by Gasteiger charge is -2.08. The normalized spacial score (nSPS) is 10.2. The van der Waals surface area contributed by atoms with Gasteiger partial charge in [0.2, 0.25) is 0 Å². The van der Waals surface area contributed by atoms with Crippen LogP contribution in [-0.4, -0.2) is 23.0 Å². The van der Waals surface area contributed by atoms with Crippen molar-refractivity contribution in [2.45, 2.75) is 0 Å². The number of ether oxygens (including phenoxy) is 1. The molecule has 0 saturated heterocycles. The first-order valence-corrected chi connectivity index (χ1v) is 6.09. The minimum absolute atomic E-state index is 0.00710. The molecule has 0 radical (unpaired) electrons. The van der Waals surface area contributed by atoms with Crippen LogP contribution >= 0.6 is 23.2 Å². The highest BCUT2D eigenvalue weighted by Gasteiger charge is 2.15. The molecule has 0 aliphatic heterocycles. The molecule has 8 heteroatoms. The van der Waals surface area contributed by atoms with Crippen molar-refractivity contribution in [1.29, 1.82) is 0 Å². The lowest BCUT2D eigenvalue weighted by atomic mass is 10.2. The van der Waals surface area contributed by atoms with Gasteiger partial charge in [0.1, 0.15) is 12.0 Å². The van der Waals surface area contributed by atoms with Crippen molar-refractivity contribution in [3.05, 3.63) is 46.2 Å². The van der Waals surface area contributed by atoms with Gasteiger partial charge in [-0.1, -0.05) is 23.2 Å². The number of hydrogen-bond acceptors (Lipinski definition) is 4. The molecule has 1 aromatic heterocycles. The van der Waals surface area contributed by atoms with Crippen molar-refractivity contribution in [3.63, 3.8) is 0 Å². The standard InChI is InChI=1S/C12H8Cl2FN3O2/c1-20-8-3-2-6(4-7(8)15)12(19)18-9-10(13)16-5-17-11(9)14/h2-5H,1H3,(H,18,19). The number of nitrogens with one attached hydrogen (secondary N) is 1. The Morgan fingerprint density at radius 1 is 1.30 bits per heavy atom. The van der Waals surface area contributed by atoms with Gasteiger partial charge in [0.05, 0.1) is 7.11 Å². The Balaban J connectivity index is 2.26. The van der Waals surface area contributed by atoms with Crippen molar-refractivity contribution in [3.8, 4) is 5.75 Å². The molecule has 2 rings (SSSR count). The number of hydrogen-bond donors (Lipinski definition) is 1. The maximum atomic E-state index is 13.5. The van der Waals surface area contributed by atoms with Crippen LogP contribution in [0.25, 0.3) is 0 Å². The predicted octanol–water partition coefficient (Wildman–Crippen LogP) is 3.18. The second-order valence-corrected chi connectivity index (χ2v) is 4.35. The molecule has 1 N–H and O–H groups in total. The summed E-state index contributed by atoms with van der Waals surface area (Å²) in [5.74, 6) is -1.20. The fourth-order valence-corrected chi connectivity index (χ4v) is 1.85. The summed E-state index contributed by atoms with van der Waals surface area (Å²) in [6, 6.07) is 3.79. The van der Waals surface area contributed by atoms with Crippen LogP contribution < -0.4 is 10.1 Å². The summed E-state index contributed by atoms with van der Waals surface area (Å²) in [6.07, 6.45) is 1.16. The Kier molecular flexibility index (Phi) is 4.36. The number of carbonyl (C=O) groups is 1. The highest BCUT2D eigenvalue weighted by atomic mass is 35.5. The number of carbonyl (C=O) groups excluding carboxylic acids is 1. The Morgan fingerprint density at radius 2 is 1.95 bits per heavy atom. The van der Waals surface area contributed by atoms with Gasteiger partial charge < -0.3 is 10.1 Å². The maximum Gasteiger partial charge on any atom is 0.255 e. The third-order valence-corrected chi connectivity index (χ3v) is 2.98. The highest BCUT2D eigenvalue weighted by molar-refractivity contribution is 6.38. The molecule has 0 saturated carbocycles. The fourth-order valence-electron chi connectivity index (χ4n) is 1.44. The number of amides is 1. The zero-order valence-corrected chi connectivity index (χ0v) is 11.7. The fraction of sp³-hybridized carbons (Fsp3) is 0.0833.